The van der Waals surface area contributed by atoms with Gasteiger partial charge in [0, 0.05) is 6.20 Å². The number of carbonyl (C=O) groups is 2. The topological polar surface area (TPSA) is 60.7 Å². The summed E-state index contributed by atoms with van der Waals surface area (Å²) in [6, 6.07) is 2.00. The Bertz CT molecular complexity index is 706. The molecule has 0 radical (unpaired) electrons. The molecule has 21 heavy (non-hydrogen) atoms. The predicted octanol–water partition coefficient (Wildman–Crippen LogP) is 2.81. The van der Waals surface area contributed by atoms with Crippen LogP contribution in [-0.2, 0) is 9.53 Å². The van der Waals surface area contributed by atoms with Gasteiger partial charge >= 0.3 is 5.97 Å². The Morgan fingerprint density at radius 1 is 1.38 bits per heavy atom. The van der Waals surface area contributed by atoms with E-state index in [0.29, 0.717) is 17.2 Å². The Balaban J connectivity index is 2.60. The van der Waals surface area contributed by atoms with E-state index in [2.05, 4.69) is 5.10 Å². The van der Waals surface area contributed by atoms with Crippen molar-refractivity contribution in [3.8, 4) is 0 Å². The Hall–Kier alpha value is -1.82. The van der Waals surface area contributed by atoms with Gasteiger partial charge in [0.2, 0.25) is 0 Å². The molecule has 0 unspecified atom stereocenters. The number of thioether (sulfide) groups is 1. The molecule has 0 spiro atoms. The van der Waals surface area contributed by atoms with E-state index >= 15 is 0 Å². The minimum absolute atomic E-state index is 0.0415. The van der Waals surface area contributed by atoms with Crippen LogP contribution in [-0.4, -0.2) is 33.7 Å². The van der Waals surface area contributed by atoms with Gasteiger partial charge < -0.3 is 4.74 Å². The molecule has 6 heteroatoms. The first-order valence-electron chi connectivity index (χ1n) is 6.73. The van der Waals surface area contributed by atoms with Gasteiger partial charge in [0.25, 0.3) is 0 Å². The van der Waals surface area contributed by atoms with Crippen LogP contribution in [0.1, 0.15) is 35.3 Å². The summed E-state index contributed by atoms with van der Waals surface area (Å²) in [5.41, 5.74) is 3.20. The fraction of sp³-hybridized carbons (Fsp3) is 0.400. The van der Waals surface area contributed by atoms with Crippen LogP contribution in [0.2, 0.25) is 0 Å². The number of esters is 1. The number of hydrogen-bond acceptors (Lipinski definition) is 5. The van der Waals surface area contributed by atoms with Crippen molar-refractivity contribution in [2.45, 2.75) is 32.7 Å². The Morgan fingerprint density at radius 3 is 2.71 bits per heavy atom. The van der Waals surface area contributed by atoms with Gasteiger partial charge in [0.05, 0.1) is 17.9 Å². The third-order valence-electron chi connectivity index (χ3n) is 2.91. The number of Topliss-reactive ketones (excluding diaryl/α,β-unsaturated/α-hetero) is 1. The summed E-state index contributed by atoms with van der Waals surface area (Å²) in [5, 5.41) is 4.98. The van der Waals surface area contributed by atoms with Gasteiger partial charge in [-0.25, -0.2) is 9.31 Å². The largest absolute Gasteiger partial charge is 0.462 e. The zero-order valence-corrected chi connectivity index (χ0v) is 13.4. The number of rotatable bonds is 5. The summed E-state index contributed by atoms with van der Waals surface area (Å²) < 4.78 is 6.83. The highest BCUT2D eigenvalue weighted by Gasteiger charge is 2.23. The third-order valence-corrected chi connectivity index (χ3v) is 4.02. The maximum Gasteiger partial charge on any atom is 0.343 e. The van der Waals surface area contributed by atoms with Gasteiger partial charge in [-0.05, 0) is 38.8 Å². The van der Waals surface area contributed by atoms with Crippen LogP contribution >= 0.6 is 11.8 Å². The summed E-state index contributed by atoms with van der Waals surface area (Å²) in [6.45, 7) is 7.50. The van der Waals surface area contributed by atoms with Gasteiger partial charge in [0.15, 0.2) is 0 Å². The Morgan fingerprint density at radius 2 is 2.10 bits per heavy atom. The fourth-order valence-electron chi connectivity index (χ4n) is 2.18. The lowest BCUT2D eigenvalue weighted by atomic mass is 10.1. The molecule has 2 rings (SSSR count). The second-order valence-electron chi connectivity index (χ2n) is 4.88. The average molecular weight is 306 g/mol. The lowest BCUT2D eigenvalue weighted by molar-refractivity contribution is -0.114. The van der Waals surface area contributed by atoms with Crippen molar-refractivity contribution in [3.05, 3.63) is 29.0 Å². The molecule has 5 nitrogen and oxygen atoms in total. The number of fused-ring (bicyclic) bond motifs is 1. The molecule has 2 aromatic heterocycles. The average Bonchev–Trinajstić information content (AvgIpc) is 2.75. The highest BCUT2D eigenvalue weighted by Crippen LogP contribution is 2.28. The zero-order chi connectivity index (χ0) is 15.6. The van der Waals surface area contributed by atoms with Gasteiger partial charge in [-0.15, -0.1) is 0 Å². The van der Waals surface area contributed by atoms with Gasteiger partial charge in [-0.2, -0.15) is 5.10 Å². The first-order chi connectivity index (χ1) is 9.93. The predicted molar refractivity (Wildman–Crippen MR) is 82.0 cm³/mol. The van der Waals surface area contributed by atoms with E-state index in [4.69, 9.17) is 4.74 Å². The van der Waals surface area contributed by atoms with Gasteiger partial charge in [-0.3, -0.25) is 4.79 Å². The van der Waals surface area contributed by atoms with E-state index in [-0.39, 0.29) is 11.5 Å². The molecule has 0 amide bonds. The highest BCUT2D eigenvalue weighted by atomic mass is 32.2. The first kappa shape index (κ1) is 15.6. The fourth-order valence-corrected chi connectivity index (χ4v) is 2.99. The summed E-state index contributed by atoms with van der Waals surface area (Å²) in [7, 11) is 0. The zero-order valence-electron chi connectivity index (χ0n) is 12.6. The molecule has 0 fully saturated rings. The summed E-state index contributed by atoms with van der Waals surface area (Å²) in [4.78, 5) is 23.4. The van der Waals surface area contributed by atoms with Crippen LogP contribution in [0.3, 0.4) is 0 Å². The lowest BCUT2D eigenvalue weighted by Gasteiger charge is -2.04. The van der Waals surface area contributed by atoms with Crippen molar-refractivity contribution >= 4 is 29.0 Å². The Labute approximate surface area is 127 Å². The van der Waals surface area contributed by atoms with E-state index in [1.807, 2.05) is 26.1 Å². The normalized spacial score (nSPS) is 10.9. The molecule has 2 heterocycles. The van der Waals surface area contributed by atoms with E-state index in [1.165, 1.54) is 18.7 Å². The molecule has 0 saturated heterocycles. The van der Waals surface area contributed by atoms with Crippen LogP contribution in [0.5, 0.6) is 0 Å². The first-order valence-corrected chi connectivity index (χ1v) is 7.71. The highest BCUT2D eigenvalue weighted by molar-refractivity contribution is 8.00. The Kier molecular flexibility index (Phi) is 4.67. The molecule has 0 N–H and O–H groups in total. The van der Waals surface area contributed by atoms with Crippen LogP contribution in [0.25, 0.3) is 5.52 Å². The smallest absolute Gasteiger partial charge is 0.343 e. The third kappa shape index (κ3) is 3.26. The number of ketones is 1. The molecule has 0 aliphatic rings. The van der Waals surface area contributed by atoms with Crippen molar-refractivity contribution in [1.29, 1.82) is 0 Å². The number of aryl methyl sites for hydroxylation is 2. The van der Waals surface area contributed by atoms with E-state index in [0.717, 1.165) is 16.6 Å². The summed E-state index contributed by atoms with van der Waals surface area (Å²) >= 11 is 1.27. The number of pyridine rings is 1. The van der Waals surface area contributed by atoms with E-state index in [1.54, 1.807) is 11.4 Å². The molecule has 0 aliphatic carbocycles. The van der Waals surface area contributed by atoms with Crippen LogP contribution in [0.15, 0.2) is 17.3 Å². The number of carbonyl (C=O) groups excluding carboxylic acids is 2. The minimum Gasteiger partial charge on any atom is -0.462 e. The van der Waals surface area contributed by atoms with Gasteiger partial charge in [0.1, 0.15) is 16.4 Å². The molecule has 0 saturated carbocycles. The minimum atomic E-state index is -0.398. The van der Waals surface area contributed by atoms with Crippen molar-refractivity contribution in [1.82, 2.24) is 9.61 Å². The maximum atomic E-state index is 12.2. The van der Waals surface area contributed by atoms with Crippen LogP contribution < -0.4 is 0 Å². The van der Waals surface area contributed by atoms with Crippen molar-refractivity contribution in [2.24, 2.45) is 0 Å². The quantitative estimate of drug-likeness (QED) is 0.628. The summed E-state index contributed by atoms with van der Waals surface area (Å²) in [6.07, 6.45) is 1.86. The molecule has 2 aromatic rings. The molecular weight excluding hydrogens is 288 g/mol. The molecular formula is C15H18N2O3S. The monoisotopic (exact) mass is 306 g/mol. The van der Waals surface area contributed by atoms with E-state index < -0.39 is 5.97 Å². The summed E-state index contributed by atoms with van der Waals surface area (Å²) in [5.74, 6) is -0.0702. The molecule has 0 atom stereocenters. The maximum absolute atomic E-state index is 12.2. The van der Waals surface area contributed by atoms with Crippen LogP contribution in [0.4, 0.5) is 0 Å². The second-order valence-corrected chi connectivity index (χ2v) is 5.85. The molecule has 0 aliphatic heterocycles. The second kappa shape index (κ2) is 6.30. The standard InChI is InChI=1S/C15H18N2O3S/c1-5-20-15(19)12-13-10(3)6-9(2)7-17(13)16-14(12)21-8-11(4)18/h6-7H,5,8H2,1-4H3. The van der Waals surface area contributed by atoms with Crippen molar-refractivity contribution in [3.63, 3.8) is 0 Å². The molecule has 112 valence electrons. The van der Waals surface area contributed by atoms with Crippen molar-refractivity contribution < 1.29 is 14.3 Å². The SMILES string of the molecule is CCOC(=O)c1c(SCC(C)=O)nn2cc(C)cc(C)c12. The van der Waals surface area contributed by atoms with Crippen molar-refractivity contribution in [2.75, 3.05) is 12.4 Å². The molecule has 0 bridgehead atoms. The van der Waals surface area contributed by atoms with E-state index in [9.17, 15) is 9.59 Å². The lowest BCUT2D eigenvalue weighted by Crippen LogP contribution is -2.06. The van der Waals surface area contributed by atoms with Gasteiger partial charge in [-0.1, -0.05) is 17.8 Å². The number of aromatic nitrogens is 2. The van der Waals surface area contributed by atoms with Crippen LogP contribution in [0, 0.1) is 13.8 Å². The number of nitrogens with zero attached hydrogens (tertiary/aromatic N) is 2. The number of hydrogen-bond donors (Lipinski definition) is 0. The molecule has 0 aromatic carbocycles. The number of ether oxygens (including phenoxy) is 1.